The second kappa shape index (κ2) is 5.80. The highest BCUT2D eigenvalue weighted by molar-refractivity contribution is 5.75. The number of benzene rings is 1. The average Bonchev–Trinajstić information content (AvgIpc) is 2.25. The zero-order valence-electron chi connectivity index (χ0n) is 8.20. The van der Waals surface area contributed by atoms with E-state index in [0.29, 0.717) is 5.69 Å². The molecule has 0 unspecified atom stereocenters. The number of carbonyl (C=O) groups excluding carboxylic acids is 1. The molecule has 0 aliphatic rings. The van der Waals surface area contributed by atoms with Crippen molar-refractivity contribution < 1.29 is 13.9 Å². The van der Waals surface area contributed by atoms with Crippen LogP contribution in [0.2, 0.25) is 0 Å². The van der Waals surface area contributed by atoms with Gasteiger partial charge in [-0.1, -0.05) is 12.7 Å². The Labute approximate surface area is 87.6 Å². The molecular formula is C11H12FNO2. The van der Waals surface area contributed by atoms with Gasteiger partial charge in [0.1, 0.15) is 19.0 Å². The zero-order chi connectivity index (χ0) is 11.1. The van der Waals surface area contributed by atoms with Crippen LogP contribution >= 0.6 is 0 Å². The van der Waals surface area contributed by atoms with Crippen LogP contribution in [-0.2, 0) is 9.53 Å². The van der Waals surface area contributed by atoms with E-state index in [1.165, 1.54) is 18.2 Å². The van der Waals surface area contributed by atoms with Crippen molar-refractivity contribution in [2.45, 2.75) is 0 Å². The van der Waals surface area contributed by atoms with Gasteiger partial charge in [0, 0.05) is 5.69 Å². The van der Waals surface area contributed by atoms with Crippen LogP contribution in [-0.4, -0.2) is 19.1 Å². The summed E-state index contributed by atoms with van der Waals surface area (Å²) < 4.78 is 17.3. The SMILES string of the molecule is C=CCOC(=O)CNc1ccc(F)cc1. The first kappa shape index (κ1) is 11.2. The monoisotopic (exact) mass is 209 g/mol. The second-order valence-electron chi connectivity index (χ2n) is 2.83. The molecule has 0 saturated carbocycles. The third kappa shape index (κ3) is 4.26. The van der Waals surface area contributed by atoms with Gasteiger partial charge in [-0.3, -0.25) is 4.79 Å². The molecule has 0 saturated heterocycles. The minimum atomic E-state index is -0.376. The molecule has 4 heteroatoms. The maximum Gasteiger partial charge on any atom is 0.325 e. The van der Waals surface area contributed by atoms with Crippen molar-refractivity contribution in [2.24, 2.45) is 0 Å². The number of ether oxygens (including phenoxy) is 1. The normalized spacial score (nSPS) is 9.40. The maximum atomic E-state index is 12.5. The molecule has 0 radical (unpaired) electrons. The lowest BCUT2D eigenvalue weighted by molar-refractivity contribution is -0.140. The summed E-state index contributed by atoms with van der Waals surface area (Å²) in [4.78, 5) is 11.0. The van der Waals surface area contributed by atoms with Gasteiger partial charge in [-0.15, -0.1) is 0 Å². The number of nitrogens with one attached hydrogen (secondary N) is 1. The quantitative estimate of drug-likeness (QED) is 0.595. The van der Waals surface area contributed by atoms with Gasteiger partial charge in [-0.05, 0) is 24.3 Å². The molecule has 3 nitrogen and oxygen atoms in total. The van der Waals surface area contributed by atoms with Crippen LogP contribution in [0, 0.1) is 5.82 Å². The Hall–Kier alpha value is -1.84. The van der Waals surface area contributed by atoms with Crippen LogP contribution in [0.4, 0.5) is 10.1 Å². The van der Waals surface area contributed by atoms with Gasteiger partial charge in [0.25, 0.3) is 0 Å². The molecule has 1 rings (SSSR count). The number of halogens is 1. The molecule has 0 spiro atoms. The summed E-state index contributed by atoms with van der Waals surface area (Å²) in [6, 6.07) is 5.74. The predicted molar refractivity (Wildman–Crippen MR) is 56.0 cm³/mol. The van der Waals surface area contributed by atoms with E-state index in [0.717, 1.165) is 0 Å². The molecule has 0 amide bonds. The number of hydrogen-bond acceptors (Lipinski definition) is 3. The van der Waals surface area contributed by atoms with Crippen molar-refractivity contribution in [1.82, 2.24) is 0 Å². The maximum absolute atomic E-state index is 12.5. The first-order valence-corrected chi connectivity index (χ1v) is 4.48. The molecule has 15 heavy (non-hydrogen) atoms. The highest BCUT2D eigenvalue weighted by Gasteiger charge is 2.00. The van der Waals surface area contributed by atoms with Crippen molar-refractivity contribution in [2.75, 3.05) is 18.5 Å². The molecule has 0 heterocycles. The molecule has 1 aromatic carbocycles. The summed E-state index contributed by atoms with van der Waals surface area (Å²) in [5.74, 6) is -0.686. The summed E-state index contributed by atoms with van der Waals surface area (Å²) in [6.07, 6.45) is 1.50. The number of esters is 1. The van der Waals surface area contributed by atoms with Crippen LogP contribution in [0.25, 0.3) is 0 Å². The van der Waals surface area contributed by atoms with Gasteiger partial charge < -0.3 is 10.1 Å². The smallest absolute Gasteiger partial charge is 0.325 e. The third-order valence-corrected chi connectivity index (χ3v) is 1.64. The van der Waals surface area contributed by atoms with E-state index in [-0.39, 0.29) is 24.9 Å². The Balaban J connectivity index is 2.33. The van der Waals surface area contributed by atoms with E-state index in [1.807, 2.05) is 0 Å². The van der Waals surface area contributed by atoms with E-state index in [4.69, 9.17) is 4.74 Å². The highest BCUT2D eigenvalue weighted by Crippen LogP contribution is 2.07. The van der Waals surface area contributed by atoms with Crippen LogP contribution in [0.1, 0.15) is 0 Å². The van der Waals surface area contributed by atoms with Crippen molar-refractivity contribution >= 4 is 11.7 Å². The summed E-state index contributed by atoms with van der Waals surface area (Å²) >= 11 is 0. The van der Waals surface area contributed by atoms with E-state index >= 15 is 0 Å². The molecule has 0 aliphatic heterocycles. The topological polar surface area (TPSA) is 38.3 Å². The van der Waals surface area contributed by atoms with Gasteiger partial charge in [0.2, 0.25) is 0 Å². The van der Waals surface area contributed by atoms with E-state index < -0.39 is 0 Å². The lowest BCUT2D eigenvalue weighted by Gasteiger charge is -2.05. The predicted octanol–water partition coefficient (Wildman–Crippen LogP) is 1.97. The van der Waals surface area contributed by atoms with E-state index in [9.17, 15) is 9.18 Å². The lowest BCUT2D eigenvalue weighted by Crippen LogP contribution is -2.16. The van der Waals surface area contributed by atoms with Crippen LogP contribution in [0.3, 0.4) is 0 Å². The Morgan fingerprint density at radius 1 is 1.47 bits per heavy atom. The Bertz CT molecular complexity index is 335. The molecule has 1 N–H and O–H groups in total. The Kier molecular flexibility index (Phi) is 4.34. The molecule has 0 bridgehead atoms. The highest BCUT2D eigenvalue weighted by atomic mass is 19.1. The fourth-order valence-electron chi connectivity index (χ4n) is 0.945. The van der Waals surface area contributed by atoms with Crippen molar-refractivity contribution in [3.05, 3.63) is 42.7 Å². The summed E-state index contributed by atoms with van der Waals surface area (Å²) in [6.45, 7) is 3.67. The Morgan fingerprint density at radius 2 is 2.13 bits per heavy atom. The van der Waals surface area contributed by atoms with Gasteiger partial charge in [0.05, 0.1) is 0 Å². The average molecular weight is 209 g/mol. The van der Waals surface area contributed by atoms with Crippen LogP contribution < -0.4 is 5.32 Å². The number of anilines is 1. The van der Waals surface area contributed by atoms with Gasteiger partial charge >= 0.3 is 5.97 Å². The van der Waals surface area contributed by atoms with Gasteiger partial charge in [-0.25, -0.2) is 4.39 Å². The molecule has 0 fully saturated rings. The molecule has 0 aromatic heterocycles. The molecule has 1 aromatic rings. The summed E-state index contributed by atoms with van der Waals surface area (Å²) in [5, 5.41) is 2.81. The number of rotatable bonds is 5. The van der Waals surface area contributed by atoms with Crippen molar-refractivity contribution in [1.29, 1.82) is 0 Å². The molecule has 80 valence electrons. The van der Waals surface area contributed by atoms with Gasteiger partial charge in [0.15, 0.2) is 0 Å². The lowest BCUT2D eigenvalue weighted by atomic mass is 10.3. The fraction of sp³-hybridized carbons (Fsp3) is 0.182. The number of hydrogen-bond donors (Lipinski definition) is 1. The van der Waals surface area contributed by atoms with Crippen LogP contribution in [0.5, 0.6) is 0 Å². The summed E-state index contributed by atoms with van der Waals surface area (Å²) in [7, 11) is 0. The molecular weight excluding hydrogens is 197 g/mol. The minimum Gasteiger partial charge on any atom is -0.460 e. The summed E-state index contributed by atoms with van der Waals surface area (Å²) in [5.41, 5.74) is 0.673. The van der Waals surface area contributed by atoms with E-state index in [2.05, 4.69) is 11.9 Å². The first-order valence-electron chi connectivity index (χ1n) is 4.48. The zero-order valence-corrected chi connectivity index (χ0v) is 8.20. The van der Waals surface area contributed by atoms with Crippen molar-refractivity contribution in [3.63, 3.8) is 0 Å². The van der Waals surface area contributed by atoms with E-state index in [1.54, 1.807) is 12.1 Å². The minimum absolute atomic E-state index is 0.0550. The molecule has 0 aliphatic carbocycles. The standard InChI is InChI=1S/C11H12FNO2/c1-2-7-15-11(14)8-13-10-5-3-9(12)4-6-10/h2-6,13H,1,7-8H2. The second-order valence-corrected chi connectivity index (χ2v) is 2.83. The molecule has 0 atom stereocenters. The van der Waals surface area contributed by atoms with Crippen LogP contribution in [0.15, 0.2) is 36.9 Å². The number of carbonyl (C=O) groups is 1. The fourth-order valence-corrected chi connectivity index (χ4v) is 0.945. The largest absolute Gasteiger partial charge is 0.460 e. The van der Waals surface area contributed by atoms with Gasteiger partial charge in [-0.2, -0.15) is 0 Å². The van der Waals surface area contributed by atoms with Crippen molar-refractivity contribution in [3.8, 4) is 0 Å². The third-order valence-electron chi connectivity index (χ3n) is 1.64. The Morgan fingerprint density at radius 3 is 2.73 bits per heavy atom. The first-order chi connectivity index (χ1) is 7.22.